The summed E-state index contributed by atoms with van der Waals surface area (Å²) in [5.74, 6) is 1.77. The monoisotopic (exact) mass is 370 g/mol. The first kappa shape index (κ1) is 19.7. The number of nitrogens with one attached hydrogen (secondary N) is 1. The van der Waals surface area contributed by atoms with Gasteiger partial charge in [0, 0.05) is 44.6 Å². The third kappa shape index (κ3) is 5.24. The summed E-state index contributed by atoms with van der Waals surface area (Å²) in [6.45, 7) is 8.60. The van der Waals surface area contributed by atoms with E-state index in [1.807, 2.05) is 4.90 Å². The average molecular weight is 371 g/mol. The molecule has 27 heavy (non-hydrogen) atoms. The van der Waals surface area contributed by atoms with Crippen molar-refractivity contribution < 1.29 is 4.79 Å². The minimum absolute atomic E-state index is 0.255. The van der Waals surface area contributed by atoms with Gasteiger partial charge in [0.2, 0.25) is 5.91 Å². The smallest absolute Gasteiger partial charge is 0.224 e. The van der Waals surface area contributed by atoms with Gasteiger partial charge in [0.25, 0.3) is 0 Å². The molecule has 5 heteroatoms. The fraction of sp³-hybridized carbons (Fsp3) is 0.636. The van der Waals surface area contributed by atoms with Gasteiger partial charge in [-0.3, -0.25) is 9.79 Å². The standard InChI is InChI=1S/C22H34N4O/c1-3-23-22(24-14-12-21(27)26-15-8-7-9-18(26)2)25-16-13-20(17-25)19-10-5-4-6-11-19/h4-6,10-11,18,20H,3,7-9,12-17H2,1-2H3,(H,23,24). The number of hydrogen-bond acceptors (Lipinski definition) is 2. The predicted molar refractivity (Wildman–Crippen MR) is 111 cm³/mol. The Morgan fingerprint density at radius 3 is 2.74 bits per heavy atom. The second-order valence-corrected chi connectivity index (χ2v) is 7.76. The lowest BCUT2D eigenvalue weighted by Gasteiger charge is -2.33. The van der Waals surface area contributed by atoms with Gasteiger partial charge in [-0.2, -0.15) is 0 Å². The zero-order valence-corrected chi connectivity index (χ0v) is 16.9. The molecule has 0 bridgehead atoms. The van der Waals surface area contributed by atoms with Gasteiger partial charge >= 0.3 is 0 Å². The quantitative estimate of drug-likeness (QED) is 0.639. The van der Waals surface area contributed by atoms with E-state index in [1.165, 1.54) is 12.0 Å². The van der Waals surface area contributed by atoms with Crippen molar-refractivity contribution in [2.45, 2.75) is 57.9 Å². The topological polar surface area (TPSA) is 47.9 Å². The van der Waals surface area contributed by atoms with Crippen molar-refractivity contribution in [1.29, 1.82) is 0 Å². The molecule has 148 valence electrons. The molecule has 0 radical (unpaired) electrons. The molecule has 1 aromatic rings. The van der Waals surface area contributed by atoms with Gasteiger partial charge in [-0.25, -0.2) is 0 Å². The Morgan fingerprint density at radius 2 is 2.00 bits per heavy atom. The lowest BCUT2D eigenvalue weighted by Crippen LogP contribution is -2.42. The number of rotatable bonds is 5. The van der Waals surface area contributed by atoms with Gasteiger partial charge in [0.05, 0.1) is 6.54 Å². The number of hydrogen-bond donors (Lipinski definition) is 1. The summed E-state index contributed by atoms with van der Waals surface area (Å²) in [7, 11) is 0. The van der Waals surface area contributed by atoms with E-state index in [-0.39, 0.29) is 5.91 Å². The first-order valence-electron chi connectivity index (χ1n) is 10.6. The van der Waals surface area contributed by atoms with E-state index in [0.29, 0.717) is 24.9 Å². The third-order valence-electron chi connectivity index (χ3n) is 5.80. The number of aliphatic imine (C=N–C) groups is 1. The number of guanidine groups is 1. The first-order valence-corrected chi connectivity index (χ1v) is 10.6. The summed E-state index contributed by atoms with van der Waals surface area (Å²) in [6.07, 6.45) is 5.17. The van der Waals surface area contributed by atoms with Crippen LogP contribution >= 0.6 is 0 Å². The number of piperidine rings is 1. The Balaban J connectivity index is 1.54. The highest BCUT2D eigenvalue weighted by atomic mass is 16.2. The lowest BCUT2D eigenvalue weighted by atomic mass is 9.99. The van der Waals surface area contributed by atoms with Gasteiger partial charge in [0.15, 0.2) is 5.96 Å². The predicted octanol–water partition coefficient (Wildman–Crippen LogP) is 3.23. The van der Waals surface area contributed by atoms with Crippen molar-refractivity contribution in [2.24, 2.45) is 4.99 Å². The van der Waals surface area contributed by atoms with Crippen LogP contribution in [0.4, 0.5) is 0 Å². The van der Waals surface area contributed by atoms with Crippen LogP contribution in [0.5, 0.6) is 0 Å². The van der Waals surface area contributed by atoms with Crippen molar-refractivity contribution >= 4 is 11.9 Å². The maximum Gasteiger partial charge on any atom is 0.224 e. The van der Waals surface area contributed by atoms with Crippen LogP contribution in [0.2, 0.25) is 0 Å². The summed E-state index contributed by atoms with van der Waals surface area (Å²) >= 11 is 0. The van der Waals surface area contributed by atoms with Crippen LogP contribution < -0.4 is 5.32 Å². The van der Waals surface area contributed by atoms with Gasteiger partial charge in [0.1, 0.15) is 0 Å². The molecule has 2 saturated heterocycles. The second kappa shape index (κ2) is 9.77. The highest BCUT2D eigenvalue weighted by molar-refractivity contribution is 5.81. The molecule has 1 N–H and O–H groups in total. The van der Waals surface area contributed by atoms with Crippen molar-refractivity contribution in [3.63, 3.8) is 0 Å². The van der Waals surface area contributed by atoms with Crippen LogP contribution in [0.3, 0.4) is 0 Å². The number of carbonyl (C=O) groups is 1. The van der Waals surface area contributed by atoms with Crippen molar-refractivity contribution in [2.75, 3.05) is 32.7 Å². The SMILES string of the molecule is CCNC(=NCCC(=O)N1CCCCC1C)N1CCC(c2ccccc2)C1. The van der Waals surface area contributed by atoms with Crippen molar-refractivity contribution in [1.82, 2.24) is 15.1 Å². The Labute approximate surface area is 163 Å². The molecule has 0 spiro atoms. The summed E-state index contributed by atoms with van der Waals surface area (Å²) in [5.41, 5.74) is 1.41. The highest BCUT2D eigenvalue weighted by Crippen LogP contribution is 2.27. The van der Waals surface area contributed by atoms with Gasteiger partial charge < -0.3 is 15.1 Å². The van der Waals surface area contributed by atoms with Crippen LogP contribution in [0, 0.1) is 0 Å². The van der Waals surface area contributed by atoms with E-state index in [1.54, 1.807) is 0 Å². The Morgan fingerprint density at radius 1 is 1.19 bits per heavy atom. The maximum atomic E-state index is 12.5. The fourth-order valence-corrected chi connectivity index (χ4v) is 4.25. The molecule has 0 aromatic heterocycles. The molecule has 2 unspecified atom stereocenters. The minimum atomic E-state index is 0.255. The number of amides is 1. The van der Waals surface area contributed by atoms with E-state index in [4.69, 9.17) is 4.99 Å². The molecule has 2 fully saturated rings. The van der Waals surface area contributed by atoms with Crippen LogP contribution in [-0.2, 0) is 4.79 Å². The van der Waals surface area contributed by atoms with E-state index in [0.717, 1.165) is 51.4 Å². The molecule has 1 aromatic carbocycles. The molecule has 2 aliphatic rings. The highest BCUT2D eigenvalue weighted by Gasteiger charge is 2.26. The summed E-state index contributed by atoms with van der Waals surface area (Å²) < 4.78 is 0. The number of benzene rings is 1. The molecule has 2 aliphatic heterocycles. The lowest BCUT2D eigenvalue weighted by molar-refractivity contribution is -0.134. The van der Waals surface area contributed by atoms with Gasteiger partial charge in [-0.1, -0.05) is 30.3 Å². The molecule has 2 atom stereocenters. The Hall–Kier alpha value is -2.04. The zero-order valence-electron chi connectivity index (χ0n) is 16.9. The van der Waals surface area contributed by atoms with Crippen LogP contribution in [0.15, 0.2) is 35.3 Å². The van der Waals surface area contributed by atoms with Gasteiger partial charge in [-0.15, -0.1) is 0 Å². The molecule has 2 heterocycles. The summed E-state index contributed by atoms with van der Waals surface area (Å²) in [6, 6.07) is 11.1. The summed E-state index contributed by atoms with van der Waals surface area (Å²) in [5, 5.41) is 3.41. The van der Waals surface area contributed by atoms with E-state index in [2.05, 4.69) is 54.4 Å². The zero-order chi connectivity index (χ0) is 19.1. The Bertz CT molecular complexity index is 630. The molecule has 3 rings (SSSR count). The Kier molecular flexibility index (Phi) is 7.13. The van der Waals surface area contributed by atoms with Crippen LogP contribution in [-0.4, -0.2) is 60.4 Å². The first-order chi connectivity index (χ1) is 13.2. The van der Waals surface area contributed by atoms with Gasteiger partial charge in [-0.05, 0) is 45.1 Å². The van der Waals surface area contributed by atoms with Crippen LogP contribution in [0.1, 0.15) is 57.4 Å². The van der Waals surface area contributed by atoms with E-state index >= 15 is 0 Å². The van der Waals surface area contributed by atoms with Crippen LogP contribution in [0.25, 0.3) is 0 Å². The molecular weight excluding hydrogens is 336 g/mol. The number of likely N-dealkylation sites (tertiary alicyclic amines) is 2. The van der Waals surface area contributed by atoms with E-state index in [9.17, 15) is 4.79 Å². The third-order valence-corrected chi connectivity index (χ3v) is 5.80. The minimum Gasteiger partial charge on any atom is -0.357 e. The number of nitrogens with zero attached hydrogens (tertiary/aromatic N) is 3. The number of carbonyl (C=O) groups excluding carboxylic acids is 1. The average Bonchev–Trinajstić information content (AvgIpc) is 3.18. The molecule has 5 nitrogen and oxygen atoms in total. The van der Waals surface area contributed by atoms with Crippen molar-refractivity contribution in [3.8, 4) is 0 Å². The normalized spacial score (nSPS) is 23.6. The van der Waals surface area contributed by atoms with Crippen molar-refractivity contribution in [3.05, 3.63) is 35.9 Å². The largest absolute Gasteiger partial charge is 0.357 e. The molecular formula is C22H34N4O. The summed E-state index contributed by atoms with van der Waals surface area (Å²) in [4.78, 5) is 21.7. The molecule has 1 amide bonds. The maximum absolute atomic E-state index is 12.5. The fourth-order valence-electron chi connectivity index (χ4n) is 4.25. The van der Waals surface area contributed by atoms with E-state index < -0.39 is 0 Å². The molecule has 0 aliphatic carbocycles. The molecule has 0 saturated carbocycles. The second-order valence-electron chi connectivity index (χ2n) is 7.76.